The first-order valence-corrected chi connectivity index (χ1v) is 11.6. The second-order valence-electron chi connectivity index (χ2n) is 8.77. The van der Waals surface area contributed by atoms with Gasteiger partial charge in [0.2, 0.25) is 0 Å². The predicted octanol–water partition coefficient (Wildman–Crippen LogP) is 1.87. The quantitative estimate of drug-likeness (QED) is 0.373. The van der Waals surface area contributed by atoms with Crippen molar-refractivity contribution < 1.29 is 15.0 Å². The van der Waals surface area contributed by atoms with Crippen molar-refractivity contribution in [2.24, 2.45) is 5.73 Å². The first-order valence-electron chi connectivity index (χ1n) is 9.93. The van der Waals surface area contributed by atoms with E-state index in [1.807, 2.05) is 25.1 Å². The standard InChI is InChI=1S/C22H29N5O3Se/c1-22(2,3)17-8-16(19(31-17)20(23)30)25-21-14-6-12(10-28)13(11-29)7-15(14)24-18(26-21)9-27(4)5/h6-8,28-29H,9-11H2,1-5H3,(H2,23,30)(H,24,25,26). The number of rotatable bonds is 7. The zero-order valence-corrected chi connectivity index (χ0v) is 20.2. The summed E-state index contributed by atoms with van der Waals surface area (Å²) in [5.41, 5.74) is 8.14. The third-order valence-corrected chi connectivity index (χ3v) is 8.12. The molecule has 5 N–H and O–H groups in total. The zero-order valence-electron chi connectivity index (χ0n) is 18.5. The Morgan fingerprint density at radius 2 is 1.77 bits per heavy atom. The average molecular weight is 490 g/mol. The number of fused-ring (bicyclic) bond motifs is 1. The van der Waals surface area contributed by atoms with Gasteiger partial charge in [-0.3, -0.25) is 0 Å². The van der Waals surface area contributed by atoms with Crippen molar-refractivity contribution in [3.8, 4) is 0 Å². The number of carbonyl (C=O) groups excluding carboxylic acids is 1. The van der Waals surface area contributed by atoms with Crippen molar-refractivity contribution in [3.63, 3.8) is 0 Å². The topological polar surface area (TPSA) is 125 Å². The number of aliphatic hydroxyl groups excluding tert-OH is 2. The van der Waals surface area contributed by atoms with E-state index in [-0.39, 0.29) is 33.1 Å². The van der Waals surface area contributed by atoms with Gasteiger partial charge in [-0.1, -0.05) is 0 Å². The summed E-state index contributed by atoms with van der Waals surface area (Å²) in [5.74, 6) is 0.700. The fourth-order valence-electron chi connectivity index (χ4n) is 3.22. The number of amides is 1. The first-order chi connectivity index (χ1) is 14.5. The van der Waals surface area contributed by atoms with E-state index in [0.717, 1.165) is 0 Å². The van der Waals surface area contributed by atoms with Crippen molar-refractivity contribution in [1.29, 1.82) is 0 Å². The third kappa shape index (κ3) is 5.14. The Balaban J connectivity index is 2.20. The van der Waals surface area contributed by atoms with Crippen LogP contribution in [0.1, 0.15) is 51.4 Å². The Kier molecular flexibility index (Phi) is 6.83. The van der Waals surface area contributed by atoms with E-state index >= 15 is 0 Å². The minimum absolute atomic E-state index is 0.0754. The second kappa shape index (κ2) is 9.06. The molecule has 2 aromatic heterocycles. The maximum atomic E-state index is 12.1. The zero-order chi connectivity index (χ0) is 22.9. The van der Waals surface area contributed by atoms with E-state index in [4.69, 9.17) is 10.7 Å². The van der Waals surface area contributed by atoms with Gasteiger partial charge in [-0.2, -0.15) is 0 Å². The van der Waals surface area contributed by atoms with E-state index in [1.54, 1.807) is 12.1 Å². The van der Waals surface area contributed by atoms with Crippen LogP contribution < -0.4 is 11.1 Å². The van der Waals surface area contributed by atoms with Gasteiger partial charge in [0.05, 0.1) is 0 Å². The number of carbonyl (C=O) groups is 1. The number of nitrogens with zero attached hydrogens (tertiary/aromatic N) is 3. The van der Waals surface area contributed by atoms with Crippen LogP contribution in [-0.2, 0) is 25.2 Å². The number of nitrogens with two attached hydrogens (primary N) is 1. The van der Waals surface area contributed by atoms with Gasteiger partial charge in [-0.05, 0) is 0 Å². The summed E-state index contributed by atoms with van der Waals surface area (Å²) in [7, 11) is 3.86. The molecule has 0 bridgehead atoms. The molecule has 3 aromatic rings. The van der Waals surface area contributed by atoms with Crippen LogP contribution in [0.2, 0.25) is 0 Å². The number of hydrogen-bond donors (Lipinski definition) is 4. The van der Waals surface area contributed by atoms with Gasteiger partial charge >= 0.3 is 188 Å². The Hall–Kier alpha value is -2.29. The molecule has 8 nitrogen and oxygen atoms in total. The van der Waals surface area contributed by atoms with Crippen molar-refractivity contribution >= 4 is 42.8 Å². The summed E-state index contributed by atoms with van der Waals surface area (Å²) >= 11 is -0.165. The van der Waals surface area contributed by atoms with Gasteiger partial charge in [0, 0.05) is 0 Å². The Bertz CT molecular complexity index is 1120. The molecular formula is C22H29N5O3Se. The first kappa shape index (κ1) is 23.4. The van der Waals surface area contributed by atoms with E-state index < -0.39 is 5.91 Å². The number of aliphatic hydroxyl groups is 2. The van der Waals surface area contributed by atoms with Crippen LogP contribution in [0, 0.1) is 0 Å². The van der Waals surface area contributed by atoms with Crippen LogP contribution in [0.5, 0.6) is 0 Å². The molecule has 31 heavy (non-hydrogen) atoms. The number of nitrogens with one attached hydrogen (secondary N) is 1. The van der Waals surface area contributed by atoms with Gasteiger partial charge in [0.1, 0.15) is 0 Å². The predicted molar refractivity (Wildman–Crippen MR) is 123 cm³/mol. The molecule has 2 heterocycles. The molecule has 0 atom stereocenters. The van der Waals surface area contributed by atoms with E-state index in [0.29, 0.717) is 50.3 Å². The average Bonchev–Trinajstić information content (AvgIpc) is 3.11. The van der Waals surface area contributed by atoms with Crippen molar-refractivity contribution in [3.05, 3.63) is 44.0 Å². The Morgan fingerprint density at radius 1 is 1.13 bits per heavy atom. The van der Waals surface area contributed by atoms with Crippen molar-refractivity contribution in [2.45, 2.75) is 45.9 Å². The molecular weight excluding hydrogens is 461 g/mol. The van der Waals surface area contributed by atoms with Crippen LogP contribution in [0.25, 0.3) is 10.9 Å². The third-order valence-electron chi connectivity index (χ3n) is 4.81. The Morgan fingerprint density at radius 3 is 2.32 bits per heavy atom. The SMILES string of the molecule is CN(C)Cc1nc(Nc2cc(C(C)(C)C)[se]c2C(N)=O)c2cc(CO)c(CO)cc2n1. The number of benzene rings is 1. The van der Waals surface area contributed by atoms with Crippen LogP contribution in [0.3, 0.4) is 0 Å². The molecule has 9 heteroatoms. The molecule has 3 rings (SSSR count). The summed E-state index contributed by atoms with van der Waals surface area (Å²) in [5, 5.41) is 23.4. The molecule has 0 aliphatic heterocycles. The number of primary amides is 1. The Labute approximate surface area is 187 Å². The monoisotopic (exact) mass is 491 g/mol. The summed E-state index contributed by atoms with van der Waals surface area (Å²) in [4.78, 5) is 23.4. The van der Waals surface area contributed by atoms with Gasteiger partial charge in [-0.15, -0.1) is 0 Å². The molecule has 0 aliphatic rings. The van der Waals surface area contributed by atoms with Crippen LogP contribution in [0.4, 0.5) is 11.5 Å². The molecule has 0 unspecified atom stereocenters. The summed E-state index contributed by atoms with van der Waals surface area (Å²) in [6.45, 7) is 6.45. The van der Waals surface area contributed by atoms with Gasteiger partial charge in [0.15, 0.2) is 0 Å². The normalized spacial score (nSPS) is 12.0. The van der Waals surface area contributed by atoms with Crippen LogP contribution in [0.15, 0.2) is 18.2 Å². The van der Waals surface area contributed by atoms with Crippen LogP contribution >= 0.6 is 0 Å². The number of aromatic nitrogens is 2. The fraction of sp³-hybridized carbons (Fsp3) is 0.409. The van der Waals surface area contributed by atoms with Gasteiger partial charge in [0.25, 0.3) is 0 Å². The van der Waals surface area contributed by atoms with Crippen molar-refractivity contribution in [1.82, 2.24) is 14.9 Å². The molecule has 1 aromatic carbocycles. The number of hydrogen-bond acceptors (Lipinski definition) is 7. The molecule has 0 spiro atoms. The molecule has 1 amide bonds. The van der Waals surface area contributed by atoms with Crippen molar-refractivity contribution in [2.75, 3.05) is 19.4 Å². The summed E-state index contributed by atoms with van der Waals surface area (Å²) in [6, 6.07) is 5.54. The van der Waals surface area contributed by atoms with E-state index in [1.165, 1.54) is 4.44 Å². The van der Waals surface area contributed by atoms with Gasteiger partial charge < -0.3 is 0 Å². The molecule has 0 fully saturated rings. The molecule has 0 radical (unpaired) electrons. The van der Waals surface area contributed by atoms with E-state index in [2.05, 4.69) is 31.1 Å². The molecule has 166 valence electrons. The maximum absolute atomic E-state index is 12.1. The van der Waals surface area contributed by atoms with Crippen LogP contribution in [-0.4, -0.2) is 59.6 Å². The summed E-state index contributed by atoms with van der Waals surface area (Å²) < 4.78 is 1.74. The molecule has 0 saturated heterocycles. The van der Waals surface area contributed by atoms with Gasteiger partial charge in [-0.25, -0.2) is 0 Å². The second-order valence-corrected chi connectivity index (χ2v) is 11.0. The molecule has 0 saturated carbocycles. The summed E-state index contributed by atoms with van der Waals surface area (Å²) in [6.07, 6.45) is 0. The fourth-order valence-corrected chi connectivity index (χ4v) is 5.37. The minimum atomic E-state index is -0.441. The van der Waals surface area contributed by atoms with E-state index in [9.17, 15) is 15.0 Å². The number of anilines is 2. The molecule has 0 aliphatic carbocycles.